The van der Waals surface area contributed by atoms with Gasteiger partial charge < -0.3 is 9.64 Å². The molecule has 1 heterocycles. The van der Waals surface area contributed by atoms with Gasteiger partial charge >= 0.3 is 0 Å². The molecule has 0 aliphatic carbocycles. The topological polar surface area (TPSA) is 12.5 Å². The maximum absolute atomic E-state index is 5.99. The van der Waals surface area contributed by atoms with E-state index >= 15 is 0 Å². The average Bonchev–Trinajstić information content (AvgIpc) is 2.75. The lowest BCUT2D eigenvalue weighted by molar-refractivity contribution is 0.0539. The summed E-state index contributed by atoms with van der Waals surface area (Å²) in [6, 6.07) is 0. The molecule has 3 heteroatoms. The van der Waals surface area contributed by atoms with Crippen LogP contribution in [0.15, 0.2) is 0 Å². The molecule has 2 nitrogen and oxygen atoms in total. The number of nitrogens with zero attached hydrogens (tertiary/aromatic N) is 1. The van der Waals surface area contributed by atoms with Crippen molar-refractivity contribution >= 4 is 11.8 Å². The minimum absolute atomic E-state index is 0.349. The van der Waals surface area contributed by atoms with Gasteiger partial charge in [0.25, 0.3) is 0 Å². The van der Waals surface area contributed by atoms with Crippen molar-refractivity contribution in [3.63, 3.8) is 0 Å². The normalized spacial score (nSPS) is 14.9. The fraction of sp³-hybridized carbons (Fsp3) is 0.920. The second kappa shape index (κ2) is 26.8. The Kier molecular flexibility index (Phi) is 28.8. The lowest BCUT2D eigenvalue weighted by Gasteiger charge is -2.26. The highest BCUT2D eigenvalue weighted by atomic mass is 32.2. The van der Waals surface area contributed by atoms with E-state index in [4.69, 9.17) is 11.2 Å². The Balaban J connectivity index is 0. The zero-order chi connectivity index (χ0) is 21.3. The summed E-state index contributed by atoms with van der Waals surface area (Å²) < 4.78 is 5.99. The molecular formula is C25H51NOS. The fourth-order valence-corrected chi connectivity index (χ4v) is 3.73. The van der Waals surface area contributed by atoms with E-state index in [1.807, 2.05) is 13.8 Å². The molecule has 0 aromatic carbocycles. The Bertz CT molecular complexity index is 306. The molecule has 168 valence electrons. The summed E-state index contributed by atoms with van der Waals surface area (Å²) in [6.07, 6.45) is 21.6. The Hall–Kier alpha value is -0.170. The molecule has 0 radical (unpaired) electrons. The summed E-state index contributed by atoms with van der Waals surface area (Å²) in [6.45, 7) is 15.4. The van der Waals surface area contributed by atoms with Crippen molar-refractivity contribution in [2.45, 2.75) is 118 Å². The van der Waals surface area contributed by atoms with E-state index in [1.54, 1.807) is 11.8 Å². The molecule has 1 atom stereocenters. The molecule has 1 saturated heterocycles. The first-order valence-corrected chi connectivity index (χ1v) is 13.2. The summed E-state index contributed by atoms with van der Waals surface area (Å²) in [7, 11) is 0. The zero-order valence-electron chi connectivity index (χ0n) is 19.9. The summed E-state index contributed by atoms with van der Waals surface area (Å²) in [5, 5.41) is 2.65. The molecule has 1 unspecified atom stereocenters. The first-order valence-electron chi connectivity index (χ1n) is 12.2. The maximum atomic E-state index is 5.99. The van der Waals surface area contributed by atoms with Crippen LogP contribution in [0, 0.1) is 11.7 Å². The molecule has 1 rings (SSSR count). The van der Waals surface area contributed by atoms with E-state index in [9.17, 15) is 0 Å². The standard InChI is InChI=1S/C16H29NOS.C7H16.C2H6/c1-3-5-10-16(15-19-4-2)18-14-9-13-17-11-7-6-8-12-17;1-3-5-7-6-4-2;1-2/h2,16H,3,5-15H2,1H3;3-7H2,1-2H3;1-2H3. The molecule has 0 saturated carbocycles. The van der Waals surface area contributed by atoms with Crippen LogP contribution in [0.1, 0.15) is 112 Å². The summed E-state index contributed by atoms with van der Waals surface area (Å²) in [5.74, 6) is 0.945. The lowest BCUT2D eigenvalue weighted by Crippen LogP contribution is -2.31. The summed E-state index contributed by atoms with van der Waals surface area (Å²) >= 11 is 1.55. The van der Waals surface area contributed by atoms with Crippen molar-refractivity contribution < 1.29 is 4.74 Å². The van der Waals surface area contributed by atoms with E-state index < -0.39 is 0 Å². The van der Waals surface area contributed by atoms with E-state index in [2.05, 4.69) is 30.9 Å². The number of rotatable bonds is 14. The second-order valence-corrected chi connectivity index (χ2v) is 8.24. The van der Waals surface area contributed by atoms with Gasteiger partial charge in [-0.25, -0.2) is 0 Å². The minimum Gasteiger partial charge on any atom is -0.377 e. The fourth-order valence-electron chi connectivity index (χ4n) is 3.19. The Labute approximate surface area is 182 Å². The van der Waals surface area contributed by atoms with Crippen molar-refractivity contribution in [2.24, 2.45) is 0 Å². The molecule has 0 amide bonds. The van der Waals surface area contributed by atoms with E-state index in [0.29, 0.717) is 6.10 Å². The number of likely N-dealkylation sites (tertiary alicyclic amines) is 1. The number of unbranched alkanes of at least 4 members (excludes halogenated alkanes) is 5. The smallest absolute Gasteiger partial charge is 0.0675 e. The lowest BCUT2D eigenvalue weighted by atomic mass is 10.1. The van der Waals surface area contributed by atoms with Crippen molar-refractivity contribution in [1.82, 2.24) is 4.90 Å². The third-order valence-corrected chi connectivity index (χ3v) is 5.57. The predicted molar refractivity (Wildman–Crippen MR) is 131 cm³/mol. The highest BCUT2D eigenvalue weighted by Crippen LogP contribution is 2.13. The van der Waals surface area contributed by atoms with Crippen molar-refractivity contribution in [1.29, 1.82) is 0 Å². The summed E-state index contributed by atoms with van der Waals surface area (Å²) in [5.41, 5.74) is 0. The number of ether oxygens (including phenoxy) is 1. The van der Waals surface area contributed by atoms with Gasteiger partial charge in [-0.1, -0.05) is 97.7 Å². The zero-order valence-corrected chi connectivity index (χ0v) is 20.8. The van der Waals surface area contributed by atoms with Crippen LogP contribution in [0.2, 0.25) is 0 Å². The van der Waals surface area contributed by atoms with Gasteiger partial charge in [0.2, 0.25) is 0 Å². The molecule has 0 aromatic heterocycles. The molecule has 0 N–H and O–H groups in total. The SMILES string of the molecule is C#CSCC(CCCC)OCCCN1CCCCC1.CC.CCCCCCC. The Morgan fingerprint density at radius 1 is 0.893 bits per heavy atom. The van der Waals surface area contributed by atoms with E-state index in [0.717, 1.165) is 25.2 Å². The van der Waals surface area contributed by atoms with Crippen molar-refractivity contribution in [3.8, 4) is 11.7 Å². The van der Waals surface area contributed by atoms with Crippen LogP contribution in [0.4, 0.5) is 0 Å². The van der Waals surface area contributed by atoms with Gasteiger partial charge in [-0.05, 0) is 44.0 Å². The molecule has 1 fully saturated rings. The second-order valence-electron chi connectivity index (χ2n) is 7.38. The Morgan fingerprint density at radius 3 is 2.04 bits per heavy atom. The Morgan fingerprint density at radius 2 is 1.50 bits per heavy atom. The molecule has 0 aromatic rings. The van der Waals surface area contributed by atoms with Gasteiger partial charge in [0.1, 0.15) is 0 Å². The largest absolute Gasteiger partial charge is 0.377 e. The monoisotopic (exact) mass is 413 g/mol. The third kappa shape index (κ3) is 22.1. The average molecular weight is 414 g/mol. The van der Waals surface area contributed by atoms with Crippen LogP contribution in [-0.2, 0) is 4.74 Å². The first-order chi connectivity index (χ1) is 13.8. The van der Waals surface area contributed by atoms with Gasteiger partial charge in [-0.2, -0.15) is 0 Å². The first kappa shape index (κ1) is 30.0. The van der Waals surface area contributed by atoms with Crippen molar-refractivity contribution in [3.05, 3.63) is 0 Å². The van der Waals surface area contributed by atoms with Gasteiger partial charge in [0.15, 0.2) is 0 Å². The van der Waals surface area contributed by atoms with Crippen LogP contribution in [0.3, 0.4) is 0 Å². The number of hydrogen-bond acceptors (Lipinski definition) is 3. The number of hydrogen-bond donors (Lipinski definition) is 0. The number of piperidine rings is 1. The maximum Gasteiger partial charge on any atom is 0.0675 e. The number of thioether (sulfide) groups is 1. The molecule has 1 aliphatic rings. The van der Waals surface area contributed by atoms with Crippen LogP contribution >= 0.6 is 11.8 Å². The molecule has 0 bridgehead atoms. The molecular weight excluding hydrogens is 362 g/mol. The molecule has 28 heavy (non-hydrogen) atoms. The van der Waals surface area contributed by atoms with Crippen LogP contribution in [0.25, 0.3) is 0 Å². The van der Waals surface area contributed by atoms with E-state index in [1.165, 1.54) is 83.8 Å². The van der Waals surface area contributed by atoms with Gasteiger partial charge in [-0.15, -0.1) is 6.42 Å². The van der Waals surface area contributed by atoms with Crippen LogP contribution in [-0.4, -0.2) is 43.0 Å². The predicted octanol–water partition coefficient (Wildman–Crippen LogP) is 7.76. The highest BCUT2D eigenvalue weighted by molar-refractivity contribution is 8.03. The van der Waals surface area contributed by atoms with Gasteiger partial charge in [-0.3, -0.25) is 0 Å². The molecule has 1 aliphatic heterocycles. The van der Waals surface area contributed by atoms with E-state index in [-0.39, 0.29) is 0 Å². The molecule has 0 spiro atoms. The third-order valence-electron chi connectivity index (χ3n) is 4.86. The van der Waals surface area contributed by atoms with Gasteiger partial charge in [0, 0.05) is 18.9 Å². The van der Waals surface area contributed by atoms with Gasteiger partial charge in [0.05, 0.1) is 6.10 Å². The number of terminal acetylenes is 1. The highest BCUT2D eigenvalue weighted by Gasteiger charge is 2.11. The van der Waals surface area contributed by atoms with Crippen molar-refractivity contribution in [2.75, 3.05) is 32.0 Å². The quantitative estimate of drug-likeness (QED) is 0.213. The van der Waals surface area contributed by atoms with Crippen LogP contribution < -0.4 is 0 Å². The van der Waals surface area contributed by atoms with Crippen LogP contribution in [0.5, 0.6) is 0 Å². The minimum atomic E-state index is 0.349. The summed E-state index contributed by atoms with van der Waals surface area (Å²) in [4.78, 5) is 2.57.